The van der Waals surface area contributed by atoms with E-state index in [-0.39, 0.29) is 17.7 Å². The molecule has 0 aliphatic heterocycles. The van der Waals surface area contributed by atoms with Crippen LogP contribution in [0.15, 0.2) is 29.2 Å². The number of aliphatic carboxylic acids is 1. The van der Waals surface area contributed by atoms with Crippen molar-refractivity contribution in [1.82, 2.24) is 4.72 Å². The first-order valence-corrected chi connectivity index (χ1v) is 7.87. The minimum absolute atomic E-state index is 0.247. The van der Waals surface area contributed by atoms with E-state index in [4.69, 9.17) is 0 Å². The molecule has 0 saturated heterocycles. The monoisotopic (exact) mass is 301 g/mol. The Morgan fingerprint density at radius 2 is 1.90 bits per heavy atom. The fourth-order valence-electron chi connectivity index (χ4n) is 2.47. The quantitative estimate of drug-likeness (QED) is 0.889. The zero-order valence-electron chi connectivity index (χ0n) is 10.8. The molecular weight excluding hydrogens is 285 g/mol. The van der Waals surface area contributed by atoms with Gasteiger partial charge in [0.05, 0.1) is 4.90 Å². The molecule has 1 aliphatic rings. The highest BCUT2D eigenvalue weighted by atomic mass is 32.2. The van der Waals surface area contributed by atoms with E-state index in [2.05, 4.69) is 4.72 Å². The minimum Gasteiger partial charge on any atom is -0.480 e. The molecule has 1 aromatic rings. The van der Waals surface area contributed by atoms with Crippen molar-refractivity contribution in [3.63, 3.8) is 0 Å². The molecule has 0 aromatic heterocycles. The maximum atomic E-state index is 13.1. The van der Waals surface area contributed by atoms with Crippen LogP contribution in [-0.4, -0.2) is 25.0 Å². The molecule has 5 nitrogen and oxygen atoms in total. The smallest absolute Gasteiger partial charge is 0.324 e. The van der Waals surface area contributed by atoms with Gasteiger partial charge in [-0.05, 0) is 31.0 Å². The van der Waals surface area contributed by atoms with Crippen LogP contribution < -0.4 is 4.72 Å². The van der Waals surface area contributed by atoms with Crippen molar-refractivity contribution in [2.24, 2.45) is 0 Å². The lowest BCUT2D eigenvalue weighted by Crippen LogP contribution is -2.55. The van der Waals surface area contributed by atoms with Gasteiger partial charge in [0.15, 0.2) is 0 Å². The van der Waals surface area contributed by atoms with Gasteiger partial charge >= 0.3 is 5.97 Å². The Balaban J connectivity index is 2.32. The molecule has 2 N–H and O–H groups in total. The maximum absolute atomic E-state index is 13.1. The largest absolute Gasteiger partial charge is 0.480 e. The zero-order chi connectivity index (χ0) is 14.8. The van der Waals surface area contributed by atoms with Crippen molar-refractivity contribution in [1.29, 1.82) is 0 Å². The maximum Gasteiger partial charge on any atom is 0.324 e. The first-order chi connectivity index (χ1) is 9.36. The van der Waals surface area contributed by atoms with Crippen LogP contribution in [0.1, 0.15) is 32.1 Å². The fraction of sp³-hybridized carbons (Fsp3) is 0.462. The number of carbonyl (C=O) groups is 1. The van der Waals surface area contributed by atoms with Crippen molar-refractivity contribution in [3.05, 3.63) is 30.1 Å². The molecule has 0 spiro atoms. The molecule has 0 amide bonds. The molecule has 7 heteroatoms. The summed E-state index contributed by atoms with van der Waals surface area (Å²) in [6, 6.07) is 4.52. The fourth-order valence-corrected chi connectivity index (χ4v) is 3.91. The van der Waals surface area contributed by atoms with Gasteiger partial charge in [0.1, 0.15) is 11.4 Å². The lowest BCUT2D eigenvalue weighted by Gasteiger charge is -2.33. The standard InChI is InChI=1S/C13H16FNO4S/c14-10-5-4-6-11(9-10)20(18,19)15-13(12(16)17)7-2-1-3-8-13/h4-6,9,15H,1-3,7-8H2,(H,16,17). The van der Waals surface area contributed by atoms with Gasteiger partial charge in [0.2, 0.25) is 10.0 Å². The molecule has 2 rings (SSSR count). The van der Waals surface area contributed by atoms with E-state index in [0.717, 1.165) is 18.6 Å². The second kappa shape index (κ2) is 5.49. The van der Waals surface area contributed by atoms with Crippen LogP contribution in [0.3, 0.4) is 0 Å². The van der Waals surface area contributed by atoms with Crippen molar-refractivity contribution in [2.45, 2.75) is 42.5 Å². The van der Waals surface area contributed by atoms with Crippen LogP contribution in [0, 0.1) is 5.82 Å². The molecule has 1 saturated carbocycles. The summed E-state index contributed by atoms with van der Waals surface area (Å²) in [5.41, 5.74) is -1.48. The summed E-state index contributed by atoms with van der Waals surface area (Å²) in [6.07, 6.45) is 2.68. The molecule has 1 aliphatic carbocycles. The highest BCUT2D eigenvalue weighted by Gasteiger charge is 2.43. The van der Waals surface area contributed by atoms with E-state index >= 15 is 0 Å². The summed E-state index contributed by atoms with van der Waals surface area (Å²) in [7, 11) is -4.06. The molecule has 0 atom stereocenters. The van der Waals surface area contributed by atoms with Gasteiger partial charge in [-0.25, -0.2) is 12.8 Å². The number of hydrogen-bond acceptors (Lipinski definition) is 3. The molecule has 1 fully saturated rings. The van der Waals surface area contributed by atoms with Gasteiger partial charge < -0.3 is 5.11 Å². The van der Waals surface area contributed by atoms with E-state index < -0.39 is 27.3 Å². The molecule has 0 bridgehead atoms. The first-order valence-electron chi connectivity index (χ1n) is 6.39. The lowest BCUT2D eigenvalue weighted by molar-refractivity contribution is -0.145. The van der Waals surface area contributed by atoms with Gasteiger partial charge in [-0.1, -0.05) is 25.3 Å². The Hall–Kier alpha value is -1.47. The Kier molecular flexibility index (Phi) is 4.10. The topological polar surface area (TPSA) is 83.5 Å². The van der Waals surface area contributed by atoms with Crippen molar-refractivity contribution in [2.75, 3.05) is 0 Å². The Bertz CT molecular complexity index is 609. The molecule has 0 heterocycles. The number of benzene rings is 1. The third-order valence-corrected chi connectivity index (χ3v) is 5.09. The van der Waals surface area contributed by atoms with Gasteiger partial charge in [0.25, 0.3) is 0 Å². The van der Waals surface area contributed by atoms with E-state index in [1.165, 1.54) is 12.1 Å². The normalized spacial score (nSPS) is 18.6. The second-order valence-corrected chi connectivity index (χ2v) is 6.69. The molecule has 110 valence electrons. The van der Waals surface area contributed by atoms with Gasteiger partial charge in [-0.2, -0.15) is 4.72 Å². The Morgan fingerprint density at radius 3 is 2.45 bits per heavy atom. The number of nitrogens with one attached hydrogen (secondary N) is 1. The number of sulfonamides is 1. The number of hydrogen-bond donors (Lipinski definition) is 2. The summed E-state index contributed by atoms with van der Waals surface area (Å²) in [6.45, 7) is 0. The van der Waals surface area contributed by atoms with Crippen LogP contribution in [-0.2, 0) is 14.8 Å². The number of carboxylic acids is 1. The summed E-state index contributed by atoms with van der Waals surface area (Å²) >= 11 is 0. The predicted molar refractivity (Wildman–Crippen MR) is 70.2 cm³/mol. The third-order valence-electron chi connectivity index (χ3n) is 3.55. The highest BCUT2D eigenvalue weighted by Crippen LogP contribution is 2.30. The zero-order valence-corrected chi connectivity index (χ0v) is 11.6. The average Bonchev–Trinajstić information content (AvgIpc) is 2.39. The van der Waals surface area contributed by atoms with E-state index in [1.54, 1.807) is 0 Å². The van der Waals surface area contributed by atoms with E-state index in [0.29, 0.717) is 12.8 Å². The molecule has 0 radical (unpaired) electrons. The van der Waals surface area contributed by atoms with Crippen LogP contribution in [0.25, 0.3) is 0 Å². The first kappa shape index (κ1) is 14.9. The molecular formula is C13H16FNO4S. The number of carboxylic acid groups (broad SMARTS) is 1. The Labute approximate surface area is 116 Å². The van der Waals surface area contributed by atoms with Crippen LogP contribution >= 0.6 is 0 Å². The molecule has 20 heavy (non-hydrogen) atoms. The van der Waals surface area contributed by atoms with Crippen LogP contribution in [0.2, 0.25) is 0 Å². The lowest BCUT2D eigenvalue weighted by atomic mass is 9.83. The predicted octanol–water partition coefficient (Wildman–Crippen LogP) is 1.89. The molecule has 0 unspecified atom stereocenters. The average molecular weight is 301 g/mol. The Morgan fingerprint density at radius 1 is 1.25 bits per heavy atom. The van der Waals surface area contributed by atoms with E-state index in [9.17, 15) is 22.7 Å². The van der Waals surface area contributed by atoms with Crippen LogP contribution in [0.4, 0.5) is 4.39 Å². The molecule has 1 aromatic carbocycles. The third kappa shape index (κ3) is 2.99. The van der Waals surface area contributed by atoms with Gasteiger partial charge in [-0.3, -0.25) is 4.79 Å². The summed E-state index contributed by atoms with van der Waals surface area (Å²) in [4.78, 5) is 11.2. The summed E-state index contributed by atoms with van der Waals surface area (Å²) in [5, 5.41) is 9.35. The van der Waals surface area contributed by atoms with Gasteiger partial charge in [-0.15, -0.1) is 0 Å². The van der Waals surface area contributed by atoms with Crippen molar-refractivity contribution >= 4 is 16.0 Å². The van der Waals surface area contributed by atoms with Crippen LogP contribution in [0.5, 0.6) is 0 Å². The van der Waals surface area contributed by atoms with Crippen molar-refractivity contribution < 1.29 is 22.7 Å². The van der Waals surface area contributed by atoms with Gasteiger partial charge in [0, 0.05) is 0 Å². The number of halogens is 1. The number of rotatable bonds is 4. The van der Waals surface area contributed by atoms with E-state index in [1.807, 2.05) is 0 Å². The second-order valence-electron chi connectivity index (χ2n) is 5.01. The summed E-state index contributed by atoms with van der Waals surface area (Å²) < 4.78 is 39.8. The summed E-state index contributed by atoms with van der Waals surface area (Å²) in [5.74, 6) is -1.86. The minimum atomic E-state index is -4.06. The highest BCUT2D eigenvalue weighted by molar-refractivity contribution is 7.89. The van der Waals surface area contributed by atoms with Crippen molar-refractivity contribution in [3.8, 4) is 0 Å². The SMILES string of the molecule is O=C(O)C1(NS(=O)(=O)c2cccc(F)c2)CCCCC1.